The molecule has 0 saturated heterocycles. The van der Waals surface area contributed by atoms with Crippen molar-refractivity contribution < 1.29 is 14.3 Å². The average molecular weight is 253 g/mol. The molecule has 0 bridgehead atoms. The molecule has 0 saturated carbocycles. The van der Waals surface area contributed by atoms with Crippen LogP contribution in [-0.4, -0.2) is 23.2 Å². The molecule has 0 aliphatic rings. The summed E-state index contributed by atoms with van der Waals surface area (Å²) in [6, 6.07) is 3.37. The maximum atomic E-state index is 11.7. The third kappa shape index (κ3) is 4.92. The summed E-state index contributed by atoms with van der Waals surface area (Å²) < 4.78 is 5.22. The first-order chi connectivity index (χ1) is 8.30. The lowest BCUT2D eigenvalue weighted by molar-refractivity contribution is 0.0423. The smallest absolute Gasteiger partial charge is 0.287 e. The minimum absolute atomic E-state index is 0.234. The Bertz CT molecular complexity index is 393. The van der Waals surface area contributed by atoms with Gasteiger partial charge >= 0.3 is 0 Å². The van der Waals surface area contributed by atoms with Gasteiger partial charge in [-0.2, -0.15) is 0 Å². The highest BCUT2D eigenvalue weighted by atomic mass is 16.3. The Morgan fingerprint density at radius 2 is 2.17 bits per heavy atom. The topological polar surface area (TPSA) is 62.5 Å². The van der Waals surface area contributed by atoms with E-state index in [0.29, 0.717) is 18.1 Å². The van der Waals surface area contributed by atoms with E-state index in [1.54, 1.807) is 26.0 Å². The maximum absolute atomic E-state index is 11.7. The summed E-state index contributed by atoms with van der Waals surface area (Å²) in [6.45, 7) is 7.98. The molecule has 0 unspecified atom stereocenters. The summed E-state index contributed by atoms with van der Waals surface area (Å²) in [5.74, 6) is 1.24. The Morgan fingerprint density at radius 1 is 1.50 bits per heavy atom. The van der Waals surface area contributed by atoms with Crippen molar-refractivity contribution in [3.05, 3.63) is 23.7 Å². The molecular formula is C14H23NO3. The largest absolute Gasteiger partial charge is 0.456 e. The fraction of sp³-hybridized carbons (Fsp3) is 0.643. The van der Waals surface area contributed by atoms with Crippen molar-refractivity contribution in [2.75, 3.05) is 6.54 Å². The second kappa shape index (κ2) is 6.05. The standard InChI is InChI=1S/C14H23NO3/c1-10(2)7-8-14(4,17)9-15-13(16)12-6-5-11(3)18-12/h5-6,10,17H,7-9H2,1-4H3,(H,15,16)/t14-/m1/s1. The minimum atomic E-state index is -0.873. The summed E-state index contributed by atoms with van der Waals surface area (Å²) in [4.78, 5) is 11.7. The fourth-order valence-electron chi connectivity index (χ4n) is 1.60. The Kier molecular flexibility index (Phi) is 4.96. The van der Waals surface area contributed by atoms with Crippen molar-refractivity contribution in [3.8, 4) is 0 Å². The molecule has 1 rings (SSSR count). The normalized spacial score (nSPS) is 14.6. The lowest BCUT2D eigenvalue weighted by atomic mass is 9.95. The Balaban J connectivity index is 2.42. The SMILES string of the molecule is Cc1ccc(C(=O)NC[C@](C)(O)CCC(C)C)o1. The molecule has 1 heterocycles. The van der Waals surface area contributed by atoms with Crippen molar-refractivity contribution >= 4 is 5.91 Å². The zero-order chi connectivity index (χ0) is 13.8. The van der Waals surface area contributed by atoms with E-state index in [1.807, 2.05) is 0 Å². The zero-order valence-corrected chi connectivity index (χ0v) is 11.6. The molecule has 18 heavy (non-hydrogen) atoms. The second-order valence-electron chi connectivity index (χ2n) is 5.52. The summed E-state index contributed by atoms with van der Waals surface area (Å²) in [5.41, 5.74) is -0.873. The van der Waals surface area contributed by atoms with Crippen molar-refractivity contribution in [2.24, 2.45) is 5.92 Å². The van der Waals surface area contributed by atoms with E-state index in [0.717, 1.165) is 6.42 Å². The van der Waals surface area contributed by atoms with Gasteiger partial charge in [0.2, 0.25) is 0 Å². The second-order valence-corrected chi connectivity index (χ2v) is 5.52. The van der Waals surface area contributed by atoms with Crippen molar-refractivity contribution in [2.45, 2.75) is 46.1 Å². The lowest BCUT2D eigenvalue weighted by Crippen LogP contribution is -2.40. The van der Waals surface area contributed by atoms with Gasteiger partial charge in [0.25, 0.3) is 5.91 Å². The summed E-state index contributed by atoms with van der Waals surface area (Å²) in [5, 5.41) is 12.8. The van der Waals surface area contributed by atoms with E-state index in [4.69, 9.17) is 4.42 Å². The van der Waals surface area contributed by atoms with Crippen LogP contribution >= 0.6 is 0 Å². The van der Waals surface area contributed by atoms with Gasteiger partial charge < -0.3 is 14.8 Å². The number of hydrogen-bond acceptors (Lipinski definition) is 3. The first-order valence-corrected chi connectivity index (χ1v) is 6.37. The highest BCUT2D eigenvalue weighted by Crippen LogP contribution is 2.15. The highest BCUT2D eigenvalue weighted by Gasteiger charge is 2.22. The third-order valence-electron chi connectivity index (χ3n) is 2.85. The van der Waals surface area contributed by atoms with E-state index in [9.17, 15) is 9.90 Å². The van der Waals surface area contributed by atoms with Crippen LogP contribution < -0.4 is 5.32 Å². The number of carbonyl (C=O) groups is 1. The molecule has 102 valence electrons. The van der Waals surface area contributed by atoms with Crippen molar-refractivity contribution in [1.82, 2.24) is 5.32 Å². The molecule has 0 spiro atoms. The van der Waals surface area contributed by atoms with Gasteiger partial charge in [-0.05, 0) is 44.7 Å². The number of nitrogens with one attached hydrogen (secondary N) is 1. The van der Waals surface area contributed by atoms with Gasteiger partial charge in [-0.3, -0.25) is 4.79 Å². The molecule has 2 N–H and O–H groups in total. The molecule has 1 atom stereocenters. The summed E-state index contributed by atoms with van der Waals surface area (Å²) in [7, 11) is 0. The van der Waals surface area contributed by atoms with Crippen LogP contribution in [0.25, 0.3) is 0 Å². The van der Waals surface area contributed by atoms with E-state index in [1.165, 1.54) is 0 Å². The van der Waals surface area contributed by atoms with Gasteiger partial charge in [0, 0.05) is 6.54 Å². The predicted molar refractivity (Wildman–Crippen MR) is 70.5 cm³/mol. The highest BCUT2D eigenvalue weighted by molar-refractivity contribution is 5.91. The van der Waals surface area contributed by atoms with Gasteiger partial charge in [0.1, 0.15) is 5.76 Å². The van der Waals surface area contributed by atoms with Crippen LogP contribution in [0.2, 0.25) is 0 Å². The Morgan fingerprint density at radius 3 is 2.67 bits per heavy atom. The number of carbonyl (C=O) groups excluding carboxylic acids is 1. The van der Waals surface area contributed by atoms with Crippen molar-refractivity contribution in [1.29, 1.82) is 0 Å². The van der Waals surface area contributed by atoms with Crippen LogP contribution in [0.5, 0.6) is 0 Å². The van der Waals surface area contributed by atoms with Gasteiger partial charge in [0.05, 0.1) is 5.60 Å². The van der Waals surface area contributed by atoms with Crippen LogP contribution in [0.3, 0.4) is 0 Å². The zero-order valence-electron chi connectivity index (χ0n) is 11.6. The van der Waals surface area contributed by atoms with Gasteiger partial charge in [0.15, 0.2) is 5.76 Å². The van der Waals surface area contributed by atoms with E-state index in [-0.39, 0.29) is 18.2 Å². The summed E-state index contributed by atoms with van der Waals surface area (Å²) in [6.07, 6.45) is 1.60. The molecule has 1 aromatic heterocycles. The number of amides is 1. The fourth-order valence-corrected chi connectivity index (χ4v) is 1.60. The molecular weight excluding hydrogens is 230 g/mol. The Hall–Kier alpha value is -1.29. The molecule has 0 aliphatic carbocycles. The molecule has 0 aromatic carbocycles. The average Bonchev–Trinajstić information content (AvgIpc) is 2.70. The molecule has 0 fully saturated rings. The Labute approximate surface area is 108 Å². The van der Waals surface area contributed by atoms with Crippen LogP contribution in [0, 0.1) is 12.8 Å². The predicted octanol–water partition coefficient (Wildman–Crippen LogP) is 2.51. The number of rotatable bonds is 6. The quantitative estimate of drug-likeness (QED) is 0.818. The maximum Gasteiger partial charge on any atom is 0.287 e. The number of hydrogen-bond donors (Lipinski definition) is 2. The van der Waals surface area contributed by atoms with E-state index >= 15 is 0 Å². The first-order valence-electron chi connectivity index (χ1n) is 6.37. The first kappa shape index (κ1) is 14.8. The van der Waals surface area contributed by atoms with E-state index < -0.39 is 5.60 Å². The number of aryl methyl sites for hydroxylation is 1. The monoisotopic (exact) mass is 253 g/mol. The molecule has 0 radical (unpaired) electrons. The van der Waals surface area contributed by atoms with Crippen LogP contribution in [0.1, 0.15) is 49.9 Å². The van der Waals surface area contributed by atoms with Crippen LogP contribution in [0.15, 0.2) is 16.5 Å². The summed E-state index contributed by atoms with van der Waals surface area (Å²) >= 11 is 0. The minimum Gasteiger partial charge on any atom is -0.456 e. The van der Waals surface area contributed by atoms with Crippen LogP contribution in [-0.2, 0) is 0 Å². The molecule has 1 amide bonds. The number of furan rings is 1. The van der Waals surface area contributed by atoms with Gasteiger partial charge in [-0.1, -0.05) is 13.8 Å². The number of aliphatic hydroxyl groups is 1. The van der Waals surface area contributed by atoms with Gasteiger partial charge in [-0.15, -0.1) is 0 Å². The van der Waals surface area contributed by atoms with Crippen molar-refractivity contribution in [3.63, 3.8) is 0 Å². The van der Waals surface area contributed by atoms with Gasteiger partial charge in [-0.25, -0.2) is 0 Å². The molecule has 4 nitrogen and oxygen atoms in total. The molecule has 0 aliphatic heterocycles. The lowest BCUT2D eigenvalue weighted by Gasteiger charge is -2.24. The van der Waals surface area contributed by atoms with Crippen LogP contribution in [0.4, 0.5) is 0 Å². The van der Waals surface area contributed by atoms with E-state index in [2.05, 4.69) is 19.2 Å². The molecule has 4 heteroatoms. The molecule has 1 aromatic rings. The third-order valence-corrected chi connectivity index (χ3v) is 2.85.